The number of hydrogen-bond donors (Lipinski definition) is 1. The predicted octanol–water partition coefficient (Wildman–Crippen LogP) is 2.92. The van der Waals surface area contributed by atoms with Gasteiger partial charge in [0.05, 0.1) is 0 Å². The van der Waals surface area contributed by atoms with E-state index in [9.17, 15) is 4.39 Å². The molecule has 1 N–H and O–H groups in total. The smallest absolute Gasteiger partial charge is 0.123 e. The van der Waals surface area contributed by atoms with Gasteiger partial charge in [-0.15, -0.1) is 0 Å². The Morgan fingerprint density at radius 3 is 2.69 bits per heavy atom. The first-order valence-corrected chi connectivity index (χ1v) is 5.54. The number of halogens is 1. The molecule has 0 aliphatic carbocycles. The largest absolute Gasteiger partial charge is 0.491 e. The van der Waals surface area contributed by atoms with Gasteiger partial charge in [-0.2, -0.15) is 0 Å². The van der Waals surface area contributed by atoms with Crippen molar-refractivity contribution in [2.75, 3.05) is 13.3 Å². The second kappa shape index (κ2) is 5.85. The zero-order chi connectivity index (χ0) is 12.0. The minimum atomic E-state index is -0.454. The van der Waals surface area contributed by atoms with Crippen molar-refractivity contribution in [1.82, 2.24) is 5.32 Å². The van der Waals surface area contributed by atoms with Crippen molar-refractivity contribution >= 4 is 0 Å². The summed E-state index contributed by atoms with van der Waals surface area (Å²) in [7, 11) is 0. The lowest BCUT2D eigenvalue weighted by Crippen LogP contribution is -2.35. The van der Waals surface area contributed by atoms with Crippen LogP contribution in [0.1, 0.15) is 26.3 Å². The van der Waals surface area contributed by atoms with E-state index in [0.29, 0.717) is 0 Å². The lowest BCUT2D eigenvalue weighted by atomic mass is 10.1. The summed E-state index contributed by atoms with van der Waals surface area (Å²) in [4.78, 5) is 0. The van der Waals surface area contributed by atoms with Crippen molar-refractivity contribution in [3.63, 3.8) is 0 Å². The molecule has 0 saturated carbocycles. The molecule has 2 nitrogen and oxygen atoms in total. The molecular weight excluding hydrogens is 205 g/mol. The molecule has 0 aliphatic rings. The van der Waals surface area contributed by atoms with Crippen LogP contribution in [0.3, 0.4) is 0 Å². The molecule has 0 amide bonds. The number of rotatable bonds is 5. The Bertz CT molecular complexity index is 320. The third-order valence-corrected chi connectivity index (χ3v) is 2.07. The Balaban J connectivity index is 2.53. The summed E-state index contributed by atoms with van der Waals surface area (Å²) in [6.45, 7) is 6.82. The molecule has 1 aromatic rings. The maximum Gasteiger partial charge on any atom is 0.123 e. The van der Waals surface area contributed by atoms with E-state index in [1.165, 1.54) is 0 Å². The molecule has 1 aromatic carbocycles. The van der Waals surface area contributed by atoms with E-state index in [1.54, 1.807) is 0 Å². The molecule has 0 spiro atoms. The van der Waals surface area contributed by atoms with E-state index in [-0.39, 0.29) is 12.1 Å². The summed E-state index contributed by atoms with van der Waals surface area (Å²) in [6.07, 6.45) is 0. The molecule has 0 aliphatic heterocycles. The van der Waals surface area contributed by atoms with Crippen LogP contribution in [0.4, 0.5) is 4.39 Å². The van der Waals surface area contributed by atoms with E-state index in [4.69, 9.17) is 4.74 Å². The molecule has 0 atom stereocenters. The molecule has 0 saturated heterocycles. The van der Waals surface area contributed by atoms with Crippen molar-refractivity contribution in [3.8, 4) is 5.75 Å². The summed E-state index contributed by atoms with van der Waals surface area (Å²) in [5.41, 5.74) is 1.24. The monoisotopic (exact) mass is 225 g/mol. The van der Waals surface area contributed by atoms with E-state index >= 15 is 0 Å². The molecule has 1 rings (SSSR count). The topological polar surface area (TPSA) is 21.3 Å². The van der Waals surface area contributed by atoms with Crippen LogP contribution in [0.5, 0.6) is 5.75 Å². The van der Waals surface area contributed by atoms with Crippen molar-refractivity contribution in [2.24, 2.45) is 0 Å². The van der Waals surface area contributed by atoms with Gasteiger partial charge in [0, 0.05) is 12.1 Å². The van der Waals surface area contributed by atoms with Gasteiger partial charge in [-0.25, -0.2) is 4.39 Å². The van der Waals surface area contributed by atoms with Crippen LogP contribution < -0.4 is 10.1 Å². The average Bonchev–Trinajstić information content (AvgIpc) is 2.23. The van der Waals surface area contributed by atoms with Gasteiger partial charge in [-0.1, -0.05) is 12.1 Å². The van der Waals surface area contributed by atoms with Gasteiger partial charge in [0.1, 0.15) is 19.0 Å². The van der Waals surface area contributed by atoms with Crippen LogP contribution in [0.2, 0.25) is 0 Å². The van der Waals surface area contributed by atoms with Gasteiger partial charge >= 0.3 is 0 Å². The van der Waals surface area contributed by atoms with Crippen molar-refractivity contribution < 1.29 is 9.13 Å². The van der Waals surface area contributed by atoms with Gasteiger partial charge in [0.2, 0.25) is 0 Å². The highest BCUT2D eigenvalue weighted by molar-refractivity contribution is 5.28. The number of hydrogen-bond acceptors (Lipinski definition) is 2. The summed E-state index contributed by atoms with van der Waals surface area (Å²) in [6, 6.07) is 7.74. The van der Waals surface area contributed by atoms with Crippen molar-refractivity contribution in [3.05, 3.63) is 29.8 Å². The standard InChI is InChI=1S/C13H20FNO/c1-13(2,3)15-10-11-5-4-6-12(9-11)16-8-7-14/h4-6,9,15H,7-8,10H2,1-3H3. The van der Waals surface area contributed by atoms with Gasteiger partial charge in [0.15, 0.2) is 0 Å². The molecule has 90 valence electrons. The van der Waals surface area contributed by atoms with Crippen LogP contribution in [-0.4, -0.2) is 18.8 Å². The molecule has 16 heavy (non-hydrogen) atoms. The van der Waals surface area contributed by atoms with Crippen molar-refractivity contribution in [2.45, 2.75) is 32.9 Å². The summed E-state index contributed by atoms with van der Waals surface area (Å²) >= 11 is 0. The summed E-state index contributed by atoms with van der Waals surface area (Å²) < 4.78 is 17.2. The van der Waals surface area contributed by atoms with Gasteiger partial charge < -0.3 is 10.1 Å². The molecule has 0 heterocycles. The minimum absolute atomic E-state index is 0.0931. The fraction of sp³-hybridized carbons (Fsp3) is 0.538. The van der Waals surface area contributed by atoms with Gasteiger partial charge in [0.25, 0.3) is 0 Å². The second-order valence-corrected chi connectivity index (χ2v) is 4.79. The van der Waals surface area contributed by atoms with E-state index in [2.05, 4.69) is 26.1 Å². The highest BCUT2D eigenvalue weighted by Gasteiger charge is 2.08. The first-order valence-electron chi connectivity index (χ1n) is 5.54. The number of alkyl halides is 1. The van der Waals surface area contributed by atoms with Crippen LogP contribution >= 0.6 is 0 Å². The average molecular weight is 225 g/mol. The maximum atomic E-state index is 11.9. The van der Waals surface area contributed by atoms with Crippen LogP contribution in [0.25, 0.3) is 0 Å². The SMILES string of the molecule is CC(C)(C)NCc1cccc(OCCF)c1. The third-order valence-electron chi connectivity index (χ3n) is 2.07. The molecule has 0 fully saturated rings. The minimum Gasteiger partial charge on any atom is -0.491 e. The fourth-order valence-corrected chi connectivity index (χ4v) is 1.27. The molecule has 3 heteroatoms. The highest BCUT2D eigenvalue weighted by atomic mass is 19.1. The first kappa shape index (κ1) is 13.0. The van der Waals surface area contributed by atoms with Gasteiger partial charge in [-0.05, 0) is 38.5 Å². The van der Waals surface area contributed by atoms with Crippen LogP contribution in [-0.2, 0) is 6.54 Å². The van der Waals surface area contributed by atoms with Crippen LogP contribution in [0.15, 0.2) is 24.3 Å². The van der Waals surface area contributed by atoms with Gasteiger partial charge in [-0.3, -0.25) is 0 Å². The fourth-order valence-electron chi connectivity index (χ4n) is 1.27. The van der Waals surface area contributed by atoms with E-state index < -0.39 is 6.67 Å². The molecular formula is C13H20FNO. The normalized spacial score (nSPS) is 11.5. The molecule has 0 bridgehead atoms. The van der Waals surface area contributed by atoms with Crippen LogP contribution in [0, 0.1) is 0 Å². The van der Waals surface area contributed by atoms with E-state index in [0.717, 1.165) is 17.9 Å². The first-order chi connectivity index (χ1) is 7.51. The Kier molecular flexibility index (Phi) is 4.74. The second-order valence-electron chi connectivity index (χ2n) is 4.79. The summed E-state index contributed by atoms with van der Waals surface area (Å²) in [5.74, 6) is 0.728. The Hall–Kier alpha value is -1.09. The lowest BCUT2D eigenvalue weighted by Gasteiger charge is -2.20. The predicted molar refractivity (Wildman–Crippen MR) is 64.5 cm³/mol. The van der Waals surface area contributed by atoms with E-state index in [1.807, 2.05) is 24.3 Å². The number of benzene rings is 1. The third kappa shape index (κ3) is 5.12. The molecule has 0 aromatic heterocycles. The molecule has 0 unspecified atom stereocenters. The number of ether oxygens (including phenoxy) is 1. The maximum absolute atomic E-state index is 11.9. The zero-order valence-electron chi connectivity index (χ0n) is 10.2. The highest BCUT2D eigenvalue weighted by Crippen LogP contribution is 2.14. The summed E-state index contributed by atoms with van der Waals surface area (Å²) in [5, 5.41) is 3.39. The Morgan fingerprint density at radius 1 is 1.31 bits per heavy atom. The Morgan fingerprint density at radius 2 is 2.06 bits per heavy atom. The van der Waals surface area contributed by atoms with Crippen molar-refractivity contribution in [1.29, 1.82) is 0 Å². The Labute approximate surface area is 96.8 Å². The lowest BCUT2D eigenvalue weighted by molar-refractivity contribution is 0.273. The quantitative estimate of drug-likeness (QED) is 0.832. The zero-order valence-corrected chi connectivity index (χ0v) is 10.2. The number of nitrogens with one attached hydrogen (secondary N) is 1. The molecule has 0 radical (unpaired) electrons.